The molecule has 0 aliphatic heterocycles. The van der Waals surface area contributed by atoms with Gasteiger partial charge in [-0.25, -0.2) is 26.3 Å². The Balaban J connectivity index is 2.33. The lowest BCUT2D eigenvalue weighted by atomic mass is 10.2. The maximum atomic E-state index is 13.4. The van der Waals surface area contributed by atoms with Crippen molar-refractivity contribution in [3.63, 3.8) is 0 Å². The lowest BCUT2D eigenvalue weighted by molar-refractivity contribution is 0.481. The molecule has 8 heteroatoms. The first-order chi connectivity index (χ1) is 8.85. The number of hydrogen-bond acceptors (Lipinski definition) is 3. The van der Waals surface area contributed by atoms with Gasteiger partial charge in [-0.15, -0.1) is 0 Å². The fourth-order valence-corrected chi connectivity index (χ4v) is 3.32. The van der Waals surface area contributed by atoms with E-state index in [9.17, 15) is 21.6 Å². The molecule has 1 unspecified atom stereocenters. The molecule has 1 aromatic rings. The van der Waals surface area contributed by atoms with E-state index in [0.29, 0.717) is 12.1 Å². The van der Waals surface area contributed by atoms with Gasteiger partial charge >= 0.3 is 0 Å². The van der Waals surface area contributed by atoms with Crippen molar-refractivity contribution in [3.8, 4) is 0 Å². The Kier molecular flexibility index (Phi) is 3.84. The van der Waals surface area contributed by atoms with Gasteiger partial charge in [0.25, 0.3) is 0 Å². The van der Waals surface area contributed by atoms with E-state index in [1.54, 1.807) is 0 Å². The first kappa shape index (κ1) is 14.3. The van der Waals surface area contributed by atoms with Crippen molar-refractivity contribution < 1.29 is 21.6 Å². The van der Waals surface area contributed by atoms with Crippen LogP contribution in [0.15, 0.2) is 17.0 Å². The third-order valence-electron chi connectivity index (χ3n) is 2.98. The molecule has 1 atom stereocenters. The van der Waals surface area contributed by atoms with Gasteiger partial charge in [-0.05, 0) is 18.8 Å². The number of nitrogens with one attached hydrogen (secondary N) is 1. The summed E-state index contributed by atoms with van der Waals surface area (Å²) in [6, 6.07) is 0.0900. The van der Waals surface area contributed by atoms with E-state index < -0.39 is 38.4 Å². The minimum atomic E-state index is -4.40. The van der Waals surface area contributed by atoms with Crippen molar-refractivity contribution in [2.75, 3.05) is 6.54 Å². The molecule has 1 aliphatic rings. The number of nitrogens with two attached hydrogens (primary N) is 1. The Morgan fingerprint density at radius 2 is 1.79 bits per heavy atom. The van der Waals surface area contributed by atoms with E-state index in [1.165, 1.54) is 0 Å². The molecule has 1 aliphatic carbocycles. The number of hydrogen-bond donors (Lipinski definition) is 2. The van der Waals surface area contributed by atoms with E-state index >= 15 is 0 Å². The van der Waals surface area contributed by atoms with Gasteiger partial charge in [-0.1, -0.05) is 0 Å². The van der Waals surface area contributed by atoms with E-state index in [1.807, 2.05) is 0 Å². The number of benzene rings is 1. The van der Waals surface area contributed by atoms with Gasteiger partial charge in [-0.3, -0.25) is 0 Å². The van der Waals surface area contributed by atoms with Crippen LogP contribution < -0.4 is 10.5 Å². The summed E-state index contributed by atoms with van der Waals surface area (Å²) in [6.45, 7) is 0.0360. The zero-order chi connectivity index (χ0) is 14.2. The molecule has 0 radical (unpaired) electrons. The molecule has 2 rings (SSSR count). The molecule has 1 saturated carbocycles. The molecule has 106 valence electrons. The zero-order valence-corrected chi connectivity index (χ0v) is 10.7. The van der Waals surface area contributed by atoms with Gasteiger partial charge in [-0.2, -0.15) is 0 Å². The van der Waals surface area contributed by atoms with Gasteiger partial charge in [0.05, 0.1) is 0 Å². The molecule has 0 spiro atoms. The second-order valence-corrected chi connectivity index (χ2v) is 6.15. The average Bonchev–Trinajstić information content (AvgIpc) is 3.07. The van der Waals surface area contributed by atoms with Crippen LogP contribution in [0, 0.1) is 23.4 Å². The third kappa shape index (κ3) is 3.07. The Hall–Kier alpha value is -1.12. The number of halogens is 3. The number of sulfonamides is 1. The summed E-state index contributed by atoms with van der Waals surface area (Å²) >= 11 is 0. The van der Waals surface area contributed by atoms with Crippen LogP contribution >= 0.6 is 0 Å². The van der Waals surface area contributed by atoms with Crippen LogP contribution in [0.4, 0.5) is 13.2 Å². The molecule has 3 N–H and O–H groups in total. The minimum Gasteiger partial charge on any atom is -0.329 e. The molecule has 0 bridgehead atoms. The van der Waals surface area contributed by atoms with E-state index in [4.69, 9.17) is 5.73 Å². The molecular weight excluding hydrogens is 281 g/mol. The van der Waals surface area contributed by atoms with Crippen molar-refractivity contribution in [1.82, 2.24) is 4.72 Å². The van der Waals surface area contributed by atoms with Gasteiger partial charge in [0.1, 0.15) is 17.5 Å². The standard InChI is InChI=1S/C11H13F3N2O2S/c12-7-3-8(13)11(9(14)4-7)19(17,18)16-10(5-15)6-1-2-6/h3-4,6,10,16H,1-2,5,15H2. The van der Waals surface area contributed by atoms with Crippen LogP contribution in [0.2, 0.25) is 0 Å². The van der Waals surface area contributed by atoms with Crippen molar-refractivity contribution in [2.24, 2.45) is 11.7 Å². The van der Waals surface area contributed by atoms with Gasteiger partial charge in [0.2, 0.25) is 10.0 Å². The van der Waals surface area contributed by atoms with Crippen molar-refractivity contribution in [1.29, 1.82) is 0 Å². The molecule has 0 amide bonds. The SMILES string of the molecule is NCC(NS(=O)(=O)c1c(F)cc(F)cc1F)C1CC1. The lowest BCUT2D eigenvalue weighted by Gasteiger charge is -2.16. The summed E-state index contributed by atoms with van der Waals surface area (Å²) in [6.07, 6.45) is 1.64. The molecule has 0 saturated heterocycles. The topological polar surface area (TPSA) is 72.2 Å². The van der Waals surface area contributed by atoms with Crippen molar-refractivity contribution >= 4 is 10.0 Å². The lowest BCUT2D eigenvalue weighted by Crippen LogP contribution is -2.42. The highest BCUT2D eigenvalue weighted by Gasteiger charge is 2.35. The number of rotatable bonds is 5. The first-order valence-corrected chi connectivity index (χ1v) is 7.20. The summed E-state index contributed by atoms with van der Waals surface area (Å²) in [5.41, 5.74) is 5.42. The maximum absolute atomic E-state index is 13.4. The Labute approximate surface area is 108 Å². The van der Waals surface area contributed by atoms with Crippen molar-refractivity contribution in [3.05, 3.63) is 29.6 Å². The van der Waals surface area contributed by atoms with Crippen molar-refractivity contribution in [2.45, 2.75) is 23.8 Å². The monoisotopic (exact) mass is 294 g/mol. The highest BCUT2D eigenvalue weighted by molar-refractivity contribution is 7.89. The van der Waals surface area contributed by atoms with Gasteiger partial charge in [0, 0.05) is 24.7 Å². The molecule has 1 aromatic carbocycles. The Bertz CT molecular complexity index is 565. The van der Waals surface area contributed by atoms with Crippen LogP contribution in [0.5, 0.6) is 0 Å². The van der Waals surface area contributed by atoms with E-state index in [-0.39, 0.29) is 12.5 Å². The van der Waals surface area contributed by atoms with Gasteiger partial charge < -0.3 is 5.73 Å². The summed E-state index contributed by atoms with van der Waals surface area (Å²) in [5.74, 6) is -4.01. The Morgan fingerprint density at radius 1 is 1.26 bits per heavy atom. The quantitative estimate of drug-likeness (QED) is 0.855. The highest BCUT2D eigenvalue weighted by atomic mass is 32.2. The van der Waals surface area contributed by atoms with Crippen LogP contribution in [0.1, 0.15) is 12.8 Å². The molecule has 4 nitrogen and oxygen atoms in total. The normalized spacial score (nSPS) is 17.5. The zero-order valence-electron chi connectivity index (χ0n) is 9.87. The molecule has 1 fully saturated rings. The smallest absolute Gasteiger partial charge is 0.246 e. The summed E-state index contributed by atoms with van der Waals surface area (Å²) in [7, 11) is -4.40. The fraction of sp³-hybridized carbons (Fsp3) is 0.455. The summed E-state index contributed by atoms with van der Waals surface area (Å²) in [4.78, 5) is -1.17. The molecule has 19 heavy (non-hydrogen) atoms. The summed E-state index contributed by atoms with van der Waals surface area (Å²) in [5, 5.41) is 0. The van der Waals surface area contributed by atoms with Crippen LogP contribution in [0.25, 0.3) is 0 Å². The second kappa shape index (κ2) is 5.10. The van der Waals surface area contributed by atoms with Gasteiger partial charge in [0.15, 0.2) is 4.90 Å². The minimum absolute atomic E-state index is 0.0360. The second-order valence-electron chi connectivity index (χ2n) is 4.50. The van der Waals surface area contributed by atoms with Crippen LogP contribution in [-0.2, 0) is 10.0 Å². The predicted octanol–water partition coefficient (Wildman–Crippen LogP) is 1.12. The molecule has 0 aromatic heterocycles. The fourth-order valence-electron chi connectivity index (χ4n) is 1.88. The van der Waals surface area contributed by atoms with E-state index in [0.717, 1.165) is 12.8 Å². The largest absolute Gasteiger partial charge is 0.329 e. The maximum Gasteiger partial charge on any atom is 0.246 e. The third-order valence-corrected chi connectivity index (χ3v) is 4.52. The summed E-state index contributed by atoms with van der Waals surface area (Å²) < 4.78 is 65.6. The molecular formula is C11H13F3N2O2S. The first-order valence-electron chi connectivity index (χ1n) is 5.72. The average molecular weight is 294 g/mol. The van der Waals surface area contributed by atoms with E-state index in [2.05, 4.69) is 4.72 Å². The van der Waals surface area contributed by atoms with Crippen LogP contribution in [-0.4, -0.2) is 21.0 Å². The predicted molar refractivity (Wildman–Crippen MR) is 62.2 cm³/mol. The molecule has 0 heterocycles. The highest BCUT2D eigenvalue weighted by Crippen LogP contribution is 2.33. The Morgan fingerprint density at radius 3 is 2.21 bits per heavy atom. The van der Waals surface area contributed by atoms with Crippen LogP contribution in [0.3, 0.4) is 0 Å².